The molecule has 5 heterocycles. The fourth-order valence-electron chi connectivity index (χ4n) is 6.50. The van der Waals surface area contributed by atoms with E-state index >= 15 is 0 Å². The molecule has 11 nitrogen and oxygen atoms in total. The van der Waals surface area contributed by atoms with Gasteiger partial charge in [0, 0.05) is 62.2 Å². The lowest BCUT2D eigenvalue weighted by Gasteiger charge is -2.42. The number of nitrogens with zero attached hydrogens (tertiary/aromatic N) is 7. The van der Waals surface area contributed by atoms with Crippen LogP contribution in [-0.2, 0) is 11.0 Å². The molecule has 3 aromatic heterocycles. The average molecular weight is 709 g/mol. The highest BCUT2D eigenvalue weighted by Crippen LogP contribution is 2.41. The van der Waals surface area contributed by atoms with Crippen LogP contribution in [0.15, 0.2) is 47.2 Å². The van der Waals surface area contributed by atoms with Gasteiger partial charge in [-0.3, -0.25) is 9.88 Å². The van der Waals surface area contributed by atoms with E-state index in [1.54, 1.807) is 32.8 Å². The molecular formula is C33H43BrN9O2P. The smallest absolute Gasteiger partial charge is 0.239 e. The van der Waals surface area contributed by atoms with Gasteiger partial charge in [0.25, 0.3) is 0 Å². The Bertz CT molecular complexity index is 1750. The summed E-state index contributed by atoms with van der Waals surface area (Å²) in [6.07, 6.45) is 6.51. The minimum atomic E-state index is -2.68. The first-order valence-electron chi connectivity index (χ1n) is 15.9. The molecule has 2 aliphatic heterocycles. The van der Waals surface area contributed by atoms with Crippen molar-refractivity contribution in [2.24, 2.45) is 0 Å². The largest absolute Gasteiger partial charge is 0.479 e. The predicted molar refractivity (Wildman–Crippen MR) is 192 cm³/mol. The van der Waals surface area contributed by atoms with Crippen molar-refractivity contribution in [3.8, 4) is 5.88 Å². The van der Waals surface area contributed by atoms with Gasteiger partial charge in [-0.15, -0.1) is 0 Å². The van der Waals surface area contributed by atoms with E-state index in [1.165, 1.54) is 0 Å². The normalized spacial score (nSPS) is 17.0. The highest BCUT2D eigenvalue weighted by atomic mass is 79.9. The average Bonchev–Trinajstić information content (AvgIpc) is 3.06. The SMILES string of the molecule is CCc1cc(Nc2ncc(Br)c(Nc3cnc4ccccc4c3P(C)(C)=O)n2)c(OC)nc1N1CCC(N2CCN(C)CC2)CC1. The third-order valence-electron chi connectivity index (χ3n) is 8.97. The number of rotatable bonds is 9. The molecule has 1 aromatic carbocycles. The van der Waals surface area contributed by atoms with Gasteiger partial charge in [0.1, 0.15) is 24.5 Å². The van der Waals surface area contributed by atoms with Gasteiger partial charge < -0.3 is 29.7 Å². The Morgan fingerprint density at radius 3 is 2.41 bits per heavy atom. The molecule has 2 N–H and O–H groups in total. The molecule has 4 aromatic rings. The molecule has 2 fully saturated rings. The van der Waals surface area contributed by atoms with Crippen LogP contribution in [0.5, 0.6) is 5.88 Å². The molecular weight excluding hydrogens is 665 g/mol. The number of pyridine rings is 2. The quantitative estimate of drug-likeness (QED) is 0.209. The summed E-state index contributed by atoms with van der Waals surface area (Å²) in [5.41, 5.74) is 3.28. The van der Waals surface area contributed by atoms with E-state index in [9.17, 15) is 4.57 Å². The fraction of sp³-hybridized carbons (Fsp3) is 0.455. The number of aryl methyl sites for hydroxylation is 1. The van der Waals surface area contributed by atoms with Gasteiger partial charge in [0.05, 0.1) is 29.0 Å². The highest BCUT2D eigenvalue weighted by molar-refractivity contribution is 9.10. The van der Waals surface area contributed by atoms with Gasteiger partial charge in [-0.2, -0.15) is 9.97 Å². The van der Waals surface area contributed by atoms with E-state index in [0.29, 0.717) is 39.5 Å². The molecule has 13 heteroatoms. The summed E-state index contributed by atoms with van der Waals surface area (Å²) in [5.74, 6) is 2.38. The van der Waals surface area contributed by atoms with Crippen molar-refractivity contribution >= 4 is 68.2 Å². The van der Waals surface area contributed by atoms with Crippen molar-refractivity contribution in [1.82, 2.24) is 29.7 Å². The molecule has 0 saturated carbocycles. The third kappa shape index (κ3) is 7.00. The zero-order valence-electron chi connectivity index (χ0n) is 27.3. The Kier molecular flexibility index (Phi) is 9.80. The topological polar surface area (TPSA) is 112 Å². The Morgan fingerprint density at radius 2 is 1.72 bits per heavy atom. The van der Waals surface area contributed by atoms with Crippen molar-refractivity contribution in [1.29, 1.82) is 0 Å². The van der Waals surface area contributed by atoms with E-state index in [-0.39, 0.29) is 0 Å². The summed E-state index contributed by atoms with van der Waals surface area (Å²) in [4.78, 5) is 26.4. The van der Waals surface area contributed by atoms with Crippen molar-refractivity contribution in [2.45, 2.75) is 32.2 Å². The molecule has 0 spiro atoms. The van der Waals surface area contributed by atoms with Crippen LogP contribution >= 0.6 is 23.1 Å². The molecule has 6 rings (SSSR count). The van der Waals surface area contributed by atoms with E-state index < -0.39 is 7.14 Å². The summed E-state index contributed by atoms with van der Waals surface area (Å²) >= 11 is 3.58. The van der Waals surface area contributed by atoms with E-state index in [2.05, 4.69) is 71.3 Å². The molecule has 0 aliphatic carbocycles. The number of aromatic nitrogens is 4. The standard InChI is InChI=1S/C33H43BrN9O2P/c1-6-22-19-27(32(45-3)40-31(22)43-13-11-23(12-14-43)42-17-15-41(2)16-18-42)38-33-36-20-25(34)30(39-33)37-28-21-35-26-10-8-7-9-24(26)29(28)46(4,5)44/h7-10,19-21,23H,6,11-18H2,1-5H3,(H2,36,37,38,39). The lowest BCUT2D eigenvalue weighted by atomic mass is 10.0. The van der Waals surface area contributed by atoms with Crippen LogP contribution in [0.2, 0.25) is 0 Å². The van der Waals surface area contributed by atoms with E-state index in [1.807, 2.05) is 24.3 Å². The van der Waals surface area contributed by atoms with Crippen LogP contribution in [0.25, 0.3) is 10.9 Å². The number of hydrogen-bond donors (Lipinski definition) is 2. The number of piperazine rings is 1. The summed E-state index contributed by atoms with van der Waals surface area (Å²) in [6.45, 7) is 12.3. The molecule has 0 amide bonds. The zero-order valence-corrected chi connectivity index (χ0v) is 29.7. The fourth-order valence-corrected chi connectivity index (χ4v) is 8.25. The Morgan fingerprint density at radius 1 is 0.978 bits per heavy atom. The molecule has 0 bridgehead atoms. The summed E-state index contributed by atoms with van der Waals surface area (Å²) in [7, 11) is 1.17. The third-order valence-corrected chi connectivity index (χ3v) is 11.1. The lowest BCUT2D eigenvalue weighted by molar-refractivity contribution is 0.0981. The Labute approximate surface area is 279 Å². The number of piperidine rings is 1. The maximum Gasteiger partial charge on any atom is 0.239 e. The number of halogens is 1. The summed E-state index contributed by atoms with van der Waals surface area (Å²) in [6, 6.07) is 10.5. The first-order chi connectivity index (χ1) is 22.1. The second-order valence-corrected chi connectivity index (χ2v) is 16.5. The zero-order chi connectivity index (χ0) is 32.4. The summed E-state index contributed by atoms with van der Waals surface area (Å²) < 4.78 is 19.9. The minimum absolute atomic E-state index is 0.375. The lowest BCUT2D eigenvalue weighted by Crippen LogP contribution is -2.52. The van der Waals surface area contributed by atoms with Crippen LogP contribution in [-0.4, -0.2) is 103 Å². The number of methoxy groups -OCH3 is 1. The number of fused-ring (bicyclic) bond motifs is 1. The number of anilines is 5. The molecule has 0 atom stereocenters. The molecule has 2 saturated heterocycles. The second-order valence-electron chi connectivity index (χ2n) is 12.5. The number of para-hydroxylation sites is 1. The van der Waals surface area contributed by atoms with E-state index in [4.69, 9.17) is 14.7 Å². The monoisotopic (exact) mass is 707 g/mol. The van der Waals surface area contributed by atoms with Gasteiger partial charge >= 0.3 is 0 Å². The van der Waals surface area contributed by atoms with Crippen LogP contribution in [0.3, 0.4) is 0 Å². The van der Waals surface area contributed by atoms with Crippen molar-refractivity contribution < 1.29 is 9.30 Å². The number of hydrogen-bond acceptors (Lipinski definition) is 11. The predicted octanol–water partition coefficient (Wildman–Crippen LogP) is 5.70. The molecule has 0 unspecified atom stereocenters. The van der Waals surface area contributed by atoms with Gasteiger partial charge in [0.15, 0.2) is 0 Å². The molecule has 0 radical (unpaired) electrons. The number of likely N-dealkylation sites (N-methyl/N-ethyl adjacent to an activating group) is 1. The van der Waals surface area contributed by atoms with E-state index in [0.717, 1.165) is 86.1 Å². The Balaban J connectivity index is 1.23. The molecule has 46 heavy (non-hydrogen) atoms. The highest BCUT2D eigenvalue weighted by Gasteiger charge is 2.29. The van der Waals surface area contributed by atoms with Crippen LogP contribution in [0.4, 0.5) is 29.0 Å². The summed E-state index contributed by atoms with van der Waals surface area (Å²) in [5, 5.41) is 8.30. The van der Waals surface area contributed by atoms with Crippen molar-refractivity contribution in [2.75, 3.05) is 82.3 Å². The molecule has 2 aliphatic rings. The minimum Gasteiger partial charge on any atom is -0.479 e. The second kappa shape index (κ2) is 13.8. The van der Waals surface area contributed by atoms with Crippen LogP contribution in [0.1, 0.15) is 25.3 Å². The molecule has 244 valence electrons. The first-order valence-corrected chi connectivity index (χ1v) is 19.3. The maximum absolute atomic E-state index is 13.5. The van der Waals surface area contributed by atoms with Crippen molar-refractivity contribution in [3.05, 3.63) is 52.8 Å². The number of benzene rings is 1. The van der Waals surface area contributed by atoms with Crippen LogP contribution in [0, 0.1) is 0 Å². The number of ether oxygens (including phenoxy) is 1. The number of nitrogens with one attached hydrogen (secondary N) is 2. The Hall–Kier alpha value is -3.31. The van der Waals surface area contributed by atoms with Crippen LogP contribution < -0.4 is 25.6 Å². The maximum atomic E-state index is 13.5. The van der Waals surface area contributed by atoms with Crippen molar-refractivity contribution in [3.63, 3.8) is 0 Å². The van der Waals surface area contributed by atoms with Gasteiger partial charge in [-0.05, 0) is 73.3 Å². The first kappa shape index (κ1) is 32.6. The van der Waals surface area contributed by atoms with Gasteiger partial charge in [0.2, 0.25) is 11.8 Å². The van der Waals surface area contributed by atoms with Gasteiger partial charge in [-0.1, -0.05) is 25.1 Å². The van der Waals surface area contributed by atoms with Gasteiger partial charge in [-0.25, -0.2) is 4.98 Å².